The first-order chi connectivity index (χ1) is 23.6. The van der Waals surface area contributed by atoms with E-state index in [1.807, 2.05) is 48.6 Å². The lowest BCUT2D eigenvalue weighted by Gasteiger charge is -2.38. The smallest absolute Gasteiger partial charge is 0.307 e. The van der Waals surface area contributed by atoms with Crippen molar-refractivity contribution >= 4 is 47.0 Å². The Hall–Kier alpha value is -3.59. The van der Waals surface area contributed by atoms with Gasteiger partial charge in [-0.3, -0.25) is 28.8 Å². The molecule has 0 aromatic carbocycles. The van der Waals surface area contributed by atoms with Crippen molar-refractivity contribution in [3.8, 4) is 0 Å². The number of carboxylic acid groups (broad SMARTS) is 1. The largest absolute Gasteiger partial charge is 0.481 e. The Morgan fingerprint density at radius 2 is 1.68 bits per heavy atom. The highest BCUT2D eigenvalue weighted by atomic mass is 32.1. The molecule has 0 spiro atoms. The third-order valence-corrected chi connectivity index (χ3v) is 9.10. The van der Waals surface area contributed by atoms with Crippen LogP contribution >= 0.6 is 11.3 Å². The fraction of sp³-hybridized carbons (Fsp3) is 0.743. The first-order valence-corrected chi connectivity index (χ1v) is 18.5. The molecule has 0 aliphatic rings. The number of hydrogen-bond acceptors (Lipinski definition) is 11. The minimum Gasteiger partial charge on any atom is -0.481 e. The van der Waals surface area contributed by atoms with E-state index in [0.29, 0.717) is 17.8 Å². The molecular formula is C35H59N5O9S. The molecule has 4 atom stereocenters. The number of aromatic nitrogens is 1. The van der Waals surface area contributed by atoms with Crippen molar-refractivity contribution in [2.45, 2.75) is 124 Å². The normalized spacial score (nSPS) is 13.6. The summed E-state index contributed by atoms with van der Waals surface area (Å²) in [4.78, 5) is 81.9. The molecule has 0 saturated carbocycles. The van der Waals surface area contributed by atoms with Crippen molar-refractivity contribution in [2.75, 3.05) is 26.9 Å². The number of nitrogens with one attached hydrogen (secondary N) is 3. The SMILES string of the molecule is CC[C@H](C)[C@H](NC(=O)CCCCCNC)C(=O)N(COC(=O)CC(C)C)[C@H](C[C@@H](OC(C)=O)c1nc(C(=O)NCCCC(=O)O)cs1)C(C)C. The van der Waals surface area contributed by atoms with E-state index in [-0.39, 0.29) is 74.7 Å². The molecule has 1 aromatic heterocycles. The molecule has 0 aliphatic heterocycles. The van der Waals surface area contributed by atoms with Gasteiger partial charge in [-0.05, 0) is 50.6 Å². The lowest BCUT2D eigenvalue weighted by atomic mass is 9.92. The van der Waals surface area contributed by atoms with Crippen LogP contribution in [0, 0.1) is 17.8 Å². The Morgan fingerprint density at radius 3 is 2.26 bits per heavy atom. The van der Waals surface area contributed by atoms with Crippen molar-refractivity contribution in [1.82, 2.24) is 25.8 Å². The zero-order valence-electron chi connectivity index (χ0n) is 31.0. The highest BCUT2D eigenvalue weighted by molar-refractivity contribution is 7.09. The molecule has 14 nitrogen and oxygen atoms in total. The maximum atomic E-state index is 14.5. The summed E-state index contributed by atoms with van der Waals surface area (Å²) in [6, 6.07) is -1.53. The van der Waals surface area contributed by atoms with Gasteiger partial charge in [0.15, 0.2) is 12.8 Å². The maximum absolute atomic E-state index is 14.5. The van der Waals surface area contributed by atoms with Gasteiger partial charge in [-0.25, -0.2) is 4.98 Å². The number of carboxylic acids is 1. The van der Waals surface area contributed by atoms with Gasteiger partial charge in [0.1, 0.15) is 16.7 Å². The van der Waals surface area contributed by atoms with Gasteiger partial charge in [0, 0.05) is 50.6 Å². The summed E-state index contributed by atoms with van der Waals surface area (Å²) >= 11 is 1.11. The molecule has 0 fully saturated rings. The van der Waals surface area contributed by atoms with E-state index in [1.165, 1.54) is 17.2 Å². The number of aliphatic carboxylic acids is 1. The number of carbonyl (C=O) groups excluding carboxylic acids is 5. The van der Waals surface area contributed by atoms with Crippen molar-refractivity contribution in [3.05, 3.63) is 16.1 Å². The number of nitrogens with zero attached hydrogens (tertiary/aromatic N) is 2. The third kappa shape index (κ3) is 16.9. The highest BCUT2D eigenvalue weighted by Gasteiger charge is 2.38. The Kier molecular flexibility index (Phi) is 21.1. The number of carbonyl (C=O) groups is 6. The Labute approximate surface area is 300 Å². The summed E-state index contributed by atoms with van der Waals surface area (Å²) in [7, 11) is 1.88. The van der Waals surface area contributed by atoms with Crippen LogP contribution in [0.4, 0.5) is 0 Å². The first kappa shape index (κ1) is 44.4. The quantitative estimate of drug-likeness (QED) is 0.0633. The maximum Gasteiger partial charge on any atom is 0.307 e. The Bertz CT molecular complexity index is 1240. The molecule has 4 N–H and O–H groups in total. The van der Waals surface area contributed by atoms with E-state index in [9.17, 15) is 28.8 Å². The van der Waals surface area contributed by atoms with Crippen LogP contribution in [0.25, 0.3) is 0 Å². The predicted molar refractivity (Wildman–Crippen MR) is 190 cm³/mol. The summed E-state index contributed by atoms with van der Waals surface area (Å²) < 4.78 is 11.3. The second-order valence-electron chi connectivity index (χ2n) is 13.4. The molecule has 3 amide bonds. The zero-order chi connectivity index (χ0) is 37.8. The van der Waals surface area contributed by atoms with Crippen LogP contribution in [0.5, 0.6) is 0 Å². The number of rotatable bonds is 25. The lowest BCUT2D eigenvalue weighted by molar-refractivity contribution is -0.160. The predicted octanol–water partition coefficient (Wildman–Crippen LogP) is 4.44. The molecule has 1 rings (SSSR count). The van der Waals surface area contributed by atoms with Gasteiger partial charge in [0.25, 0.3) is 5.91 Å². The summed E-state index contributed by atoms with van der Waals surface area (Å²) in [5.74, 6) is -3.60. The first-order valence-electron chi connectivity index (χ1n) is 17.6. The number of hydrogen-bond donors (Lipinski definition) is 4. The summed E-state index contributed by atoms with van der Waals surface area (Å²) in [5.41, 5.74) is 0.0830. The van der Waals surface area contributed by atoms with E-state index in [0.717, 1.165) is 30.7 Å². The number of unbranched alkanes of at least 4 members (excludes halogenated alkanes) is 2. The van der Waals surface area contributed by atoms with Gasteiger partial charge in [-0.15, -0.1) is 11.3 Å². The van der Waals surface area contributed by atoms with Gasteiger partial charge in [-0.1, -0.05) is 54.4 Å². The van der Waals surface area contributed by atoms with Crippen molar-refractivity contribution in [3.63, 3.8) is 0 Å². The average molecular weight is 726 g/mol. The number of esters is 2. The van der Waals surface area contributed by atoms with Gasteiger partial charge in [0.2, 0.25) is 11.8 Å². The molecule has 284 valence electrons. The topological polar surface area (TPSA) is 193 Å². The lowest BCUT2D eigenvalue weighted by Crippen LogP contribution is -2.56. The van der Waals surface area contributed by atoms with Crippen LogP contribution in [-0.2, 0) is 33.4 Å². The van der Waals surface area contributed by atoms with Crippen LogP contribution in [0.15, 0.2) is 5.38 Å². The van der Waals surface area contributed by atoms with E-state index >= 15 is 0 Å². The van der Waals surface area contributed by atoms with Gasteiger partial charge >= 0.3 is 17.9 Å². The second-order valence-corrected chi connectivity index (χ2v) is 14.3. The van der Waals surface area contributed by atoms with E-state index in [2.05, 4.69) is 20.9 Å². The van der Waals surface area contributed by atoms with Crippen LogP contribution in [0.2, 0.25) is 0 Å². The summed E-state index contributed by atoms with van der Waals surface area (Å²) in [6.07, 6.45) is 2.80. The molecule has 0 aliphatic carbocycles. The van der Waals surface area contributed by atoms with E-state index < -0.39 is 47.9 Å². The Morgan fingerprint density at radius 1 is 0.980 bits per heavy atom. The monoisotopic (exact) mass is 725 g/mol. The number of ether oxygens (including phenoxy) is 2. The second kappa shape index (κ2) is 23.7. The molecule has 0 bridgehead atoms. The molecule has 1 aromatic rings. The van der Waals surface area contributed by atoms with Crippen molar-refractivity contribution in [2.24, 2.45) is 17.8 Å². The summed E-state index contributed by atoms with van der Waals surface area (Å²) in [5, 5.41) is 19.4. The van der Waals surface area contributed by atoms with Crippen LogP contribution in [0.1, 0.15) is 128 Å². The molecule has 0 unspecified atom stereocenters. The minimum atomic E-state index is -0.963. The standard InChI is InChI=1S/C35H59N5O9S/c1-9-24(6)32(39-29(42)14-11-10-12-16-36-8)35(47)40(21-48-31(45)18-22(2)3)27(23(4)5)19-28(49-25(7)41)34-38-26(20-50-34)33(46)37-17-13-15-30(43)44/h20,22-24,27-28,32,36H,9-19,21H2,1-8H3,(H,37,46)(H,39,42)(H,43,44)/t24-,27+,28+,32-/m0/s1. The van der Waals surface area contributed by atoms with Crippen LogP contribution < -0.4 is 16.0 Å². The van der Waals surface area contributed by atoms with Gasteiger partial charge in [-0.2, -0.15) is 0 Å². The van der Waals surface area contributed by atoms with Gasteiger partial charge in [0.05, 0.1) is 0 Å². The Balaban J connectivity index is 3.41. The molecule has 1 heterocycles. The van der Waals surface area contributed by atoms with E-state index in [1.54, 1.807) is 0 Å². The van der Waals surface area contributed by atoms with Crippen LogP contribution in [-0.4, -0.2) is 89.6 Å². The average Bonchev–Trinajstić information content (AvgIpc) is 3.54. The minimum absolute atomic E-state index is 0.0367. The fourth-order valence-corrected chi connectivity index (χ4v) is 6.02. The third-order valence-electron chi connectivity index (χ3n) is 8.17. The van der Waals surface area contributed by atoms with E-state index in [4.69, 9.17) is 14.6 Å². The van der Waals surface area contributed by atoms with Crippen molar-refractivity contribution < 1.29 is 43.3 Å². The molecular weight excluding hydrogens is 666 g/mol. The molecule has 15 heteroatoms. The molecule has 0 saturated heterocycles. The highest BCUT2D eigenvalue weighted by Crippen LogP contribution is 2.31. The fourth-order valence-electron chi connectivity index (χ4n) is 5.18. The summed E-state index contributed by atoms with van der Waals surface area (Å²) in [6.45, 7) is 13.3. The molecule has 50 heavy (non-hydrogen) atoms. The zero-order valence-corrected chi connectivity index (χ0v) is 31.9. The number of amides is 3. The van der Waals surface area contributed by atoms with Crippen LogP contribution in [0.3, 0.4) is 0 Å². The van der Waals surface area contributed by atoms with Gasteiger partial charge < -0.3 is 35.4 Å². The number of thiazole rings is 1. The molecule has 0 radical (unpaired) electrons. The van der Waals surface area contributed by atoms with Crippen molar-refractivity contribution in [1.29, 1.82) is 0 Å².